The first kappa shape index (κ1) is 12.8. The number of carbonyl (C=O) groups is 1. The Morgan fingerprint density at radius 1 is 1.53 bits per heavy atom. The highest BCUT2D eigenvalue weighted by Gasteiger charge is 2.13. The lowest BCUT2D eigenvalue weighted by atomic mass is 10.1. The minimum atomic E-state index is -1.35. The molecule has 0 aliphatic rings. The Morgan fingerprint density at radius 3 is 2.95 bits per heavy atom. The van der Waals surface area contributed by atoms with Crippen LogP contribution in [0.25, 0.3) is 0 Å². The molecule has 100 valence electrons. The maximum Gasteiger partial charge on any atom is 0.338 e. The predicted molar refractivity (Wildman–Crippen MR) is 66.3 cm³/mol. The van der Waals surface area contributed by atoms with Crippen molar-refractivity contribution in [2.75, 3.05) is 17.6 Å². The number of rotatable bonds is 5. The molecule has 2 aromatic rings. The molecule has 1 aromatic heterocycles. The molecule has 7 nitrogen and oxygen atoms in total. The molecule has 0 aliphatic carbocycles. The second-order valence-electron chi connectivity index (χ2n) is 3.82. The normalized spacial score (nSPS) is 10.4. The highest BCUT2D eigenvalue weighted by Crippen LogP contribution is 2.22. The molecule has 1 aromatic carbocycles. The highest BCUT2D eigenvalue weighted by atomic mass is 19.1. The highest BCUT2D eigenvalue weighted by molar-refractivity contribution is 5.90. The summed E-state index contributed by atoms with van der Waals surface area (Å²) in [5.41, 5.74) is 5.74. The van der Waals surface area contributed by atoms with E-state index in [0.29, 0.717) is 18.8 Å². The van der Waals surface area contributed by atoms with Gasteiger partial charge in [0, 0.05) is 12.7 Å². The van der Waals surface area contributed by atoms with Gasteiger partial charge < -0.3 is 16.2 Å². The van der Waals surface area contributed by atoms with Crippen LogP contribution >= 0.6 is 0 Å². The van der Waals surface area contributed by atoms with Crippen LogP contribution in [0.5, 0.6) is 0 Å². The Kier molecular flexibility index (Phi) is 3.60. The standard InChI is InChI=1S/C11H12FN5O2/c12-8-6-10(9(13)5-7(8)11(18)19)14-1-3-17-4-2-15-16-17/h2,4-6,14H,1,3,13H2,(H,18,19). The third-order valence-corrected chi connectivity index (χ3v) is 2.50. The van der Waals surface area contributed by atoms with Crippen molar-refractivity contribution in [1.82, 2.24) is 15.0 Å². The summed E-state index contributed by atoms with van der Waals surface area (Å²) in [7, 11) is 0. The molecule has 0 radical (unpaired) electrons. The number of carboxylic acids is 1. The van der Waals surface area contributed by atoms with Gasteiger partial charge in [0.25, 0.3) is 0 Å². The van der Waals surface area contributed by atoms with Crippen LogP contribution in [0.4, 0.5) is 15.8 Å². The zero-order valence-electron chi connectivity index (χ0n) is 9.88. The van der Waals surface area contributed by atoms with E-state index < -0.39 is 17.3 Å². The van der Waals surface area contributed by atoms with Crippen LogP contribution < -0.4 is 11.1 Å². The Labute approximate surface area is 107 Å². The van der Waals surface area contributed by atoms with Gasteiger partial charge in [0.15, 0.2) is 0 Å². The van der Waals surface area contributed by atoms with Crippen LogP contribution in [0.2, 0.25) is 0 Å². The van der Waals surface area contributed by atoms with Crippen LogP contribution in [0.15, 0.2) is 24.5 Å². The summed E-state index contributed by atoms with van der Waals surface area (Å²) in [4.78, 5) is 10.7. The van der Waals surface area contributed by atoms with Crippen LogP contribution in [-0.4, -0.2) is 32.6 Å². The van der Waals surface area contributed by atoms with Crippen LogP contribution in [-0.2, 0) is 6.54 Å². The van der Waals surface area contributed by atoms with Crippen molar-refractivity contribution in [2.24, 2.45) is 0 Å². The van der Waals surface area contributed by atoms with Crippen molar-refractivity contribution in [1.29, 1.82) is 0 Å². The number of nitrogens with one attached hydrogen (secondary N) is 1. The molecule has 0 saturated heterocycles. The summed E-state index contributed by atoms with van der Waals surface area (Å²) in [6.45, 7) is 0.987. The molecular weight excluding hydrogens is 253 g/mol. The summed E-state index contributed by atoms with van der Waals surface area (Å²) in [6.07, 6.45) is 3.24. The number of nitrogens with two attached hydrogens (primary N) is 1. The quantitative estimate of drug-likeness (QED) is 0.691. The molecule has 2 rings (SSSR count). The van der Waals surface area contributed by atoms with Crippen molar-refractivity contribution in [2.45, 2.75) is 6.54 Å². The van der Waals surface area contributed by atoms with Gasteiger partial charge in [-0.1, -0.05) is 5.21 Å². The van der Waals surface area contributed by atoms with Gasteiger partial charge in [-0.3, -0.25) is 4.68 Å². The van der Waals surface area contributed by atoms with Gasteiger partial charge in [-0.25, -0.2) is 9.18 Å². The van der Waals surface area contributed by atoms with Crippen molar-refractivity contribution in [3.63, 3.8) is 0 Å². The lowest BCUT2D eigenvalue weighted by molar-refractivity contribution is 0.0692. The van der Waals surface area contributed by atoms with Crippen LogP contribution in [0, 0.1) is 5.82 Å². The van der Waals surface area contributed by atoms with E-state index in [0.717, 1.165) is 12.1 Å². The largest absolute Gasteiger partial charge is 0.478 e. The van der Waals surface area contributed by atoms with E-state index in [2.05, 4.69) is 15.6 Å². The van der Waals surface area contributed by atoms with E-state index in [9.17, 15) is 9.18 Å². The number of aromatic nitrogens is 3. The molecule has 4 N–H and O–H groups in total. The second-order valence-corrected chi connectivity index (χ2v) is 3.82. The molecule has 0 bridgehead atoms. The fraction of sp³-hybridized carbons (Fsp3) is 0.182. The SMILES string of the molecule is Nc1cc(C(=O)O)c(F)cc1NCCn1ccnn1. The maximum atomic E-state index is 13.5. The smallest absolute Gasteiger partial charge is 0.338 e. The third kappa shape index (κ3) is 2.97. The predicted octanol–water partition coefficient (Wildman–Crippen LogP) is 0.810. The lowest BCUT2D eigenvalue weighted by Gasteiger charge is -2.10. The minimum absolute atomic E-state index is 0.178. The Bertz CT molecular complexity index is 585. The summed E-state index contributed by atoms with van der Waals surface area (Å²) in [5, 5.41) is 19.1. The van der Waals surface area contributed by atoms with Gasteiger partial charge >= 0.3 is 5.97 Å². The number of benzene rings is 1. The van der Waals surface area contributed by atoms with Crippen molar-refractivity contribution < 1.29 is 14.3 Å². The topological polar surface area (TPSA) is 106 Å². The summed E-state index contributed by atoms with van der Waals surface area (Å²) < 4.78 is 15.1. The molecule has 0 fully saturated rings. The Hall–Kier alpha value is -2.64. The van der Waals surface area contributed by atoms with Gasteiger partial charge in [0.05, 0.1) is 29.7 Å². The van der Waals surface area contributed by atoms with E-state index in [1.54, 1.807) is 17.1 Å². The zero-order valence-corrected chi connectivity index (χ0v) is 9.88. The number of halogens is 1. The Morgan fingerprint density at radius 2 is 2.32 bits per heavy atom. The number of hydrogen-bond acceptors (Lipinski definition) is 5. The van der Waals surface area contributed by atoms with Gasteiger partial charge in [-0.2, -0.15) is 0 Å². The molecule has 0 amide bonds. The third-order valence-electron chi connectivity index (χ3n) is 2.50. The molecule has 8 heteroatoms. The first-order valence-electron chi connectivity index (χ1n) is 5.48. The number of anilines is 2. The van der Waals surface area contributed by atoms with Crippen molar-refractivity contribution in [3.8, 4) is 0 Å². The fourth-order valence-corrected chi connectivity index (χ4v) is 1.56. The first-order valence-corrected chi connectivity index (χ1v) is 5.48. The van der Waals surface area contributed by atoms with Crippen molar-refractivity contribution in [3.05, 3.63) is 35.9 Å². The second kappa shape index (κ2) is 5.34. The minimum Gasteiger partial charge on any atom is -0.478 e. The number of aromatic carboxylic acids is 1. The molecule has 0 spiro atoms. The van der Waals surface area contributed by atoms with E-state index in [1.165, 1.54) is 0 Å². The van der Waals surface area contributed by atoms with Gasteiger partial charge in [-0.15, -0.1) is 5.10 Å². The van der Waals surface area contributed by atoms with E-state index in [1.807, 2.05) is 0 Å². The average molecular weight is 265 g/mol. The molecule has 1 heterocycles. The maximum absolute atomic E-state index is 13.5. The molecule has 0 saturated carbocycles. The van der Waals surface area contributed by atoms with Crippen LogP contribution in [0.1, 0.15) is 10.4 Å². The van der Waals surface area contributed by atoms with E-state index >= 15 is 0 Å². The summed E-state index contributed by atoms with van der Waals surface area (Å²) in [5.74, 6) is -2.18. The fourth-order valence-electron chi connectivity index (χ4n) is 1.56. The lowest BCUT2D eigenvalue weighted by Crippen LogP contribution is -2.13. The van der Waals surface area contributed by atoms with Crippen molar-refractivity contribution >= 4 is 17.3 Å². The first-order chi connectivity index (χ1) is 9.08. The molecule has 19 heavy (non-hydrogen) atoms. The summed E-state index contributed by atoms with van der Waals surface area (Å²) in [6, 6.07) is 2.16. The molecular formula is C11H12FN5O2. The average Bonchev–Trinajstić information content (AvgIpc) is 2.85. The van der Waals surface area contributed by atoms with Crippen LogP contribution in [0.3, 0.4) is 0 Å². The van der Waals surface area contributed by atoms with E-state index in [-0.39, 0.29) is 5.69 Å². The molecule has 0 unspecified atom stereocenters. The summed E-state index contributed by atoms with van der Waals surface area (Å²) >= 11 is 0. The number of nitrogen functional groups attached to an aromatic ring is 1. The zero-order chi connectivity index (χ0) is 13.8. The number of nitrogens with zero attached hydrogens (tertiary/aromatic N) is 3. The van der Waals surface area contributed by atoms with Gasteiger partial charge in [0.2, 0.25) is 0 Å². The van der Waals surface area contributed by atoms with Gasteiger partial charge in [0.1, 0.15) is 5.82 Å². The number of hydrogen-bond donors (Lipinski definition) is 3. The Balaban J connectivity index is 2.04. The monoisotopic (exact) mass is 265 g/mol. The molecule has 0 atom stereocenters. The molecule has 0 aliphatic heterocycles. The number of carboxylic acid groups (broad SMARTS) is 1. The van der Waals surface area contributed by atoms with Gasteiger partial charge in [-0.05, 0) is 12.1 Å². The van der Waals surface area contributed by atoms with E-state index in [4.69, 9.17) is 10.8 Å².